The first kappa shape index (κ1) is 16.9. The largest absolute Gasteiger partial charge is 0.337 e. The molecule has 6 nitrogen and oxygen atoms in total. The van der Waals surface area contributed by atoms with Gasteiger partial charge in [0.15, 0.2) is 10.8 Å². The van der Waals surface area contributed by atoms with E-state index in [9.17, 15) is 13.2 Å². The maximum absolute atomic E-state index is 12.9. The van der Waals surface area contributed by atoms with Crippen LogP contribution in [0.1, 0.15) is 35.4 Å². The van der Waals surface area contributed by atoms with Gasteiger partial charge in [0, 0.05) is 37.8 Å². The molecule has 0 N–H and O–H groups in total. The normalized spacial score (nSPS) is 18.8. The van der Waals surface area contributed by atoms with Gasteiger partial charge in [0.05, 0.1) is 0 Å². The maximum atomic E-state index is 12.9. The zero-order chi connectivity index (χ0) is 17.3. The van der Waals surface area contributed by atoms with Gasteiger partial charge >= 0.3 is 0 Å². The average Bonchev–Trinajstić information content (AvgIpc) is 3.16. The molecule has 2 aromatic rings. The number of ketones is 1. The number of Topliss-reactive ketones (excluding diaryl/α,β-unsaturated/α-hetero) is 1. The molecule has 1 saturated heterocycles. The highest BCUT2D eigenvalue weighted by Gasteiger charge is 2.37. The van der Waals surface area contributed by atoms with Crippen molar-refractivity contribution < 1.29 is 13.2 Å². The Kier molecular flexibility index (Phi) is 4.56. The summed E-state index contributed by atoms with van der Waals surface area (Å²) in [4.78, 5) is 16.6. The quantitative estimate of drug-likeness (QED) is 0.777. The second-order valence-corrected chi connectivity index (χ2v) is 7.98. The monoisotopic (exact) mass is 347 g/mol. The molecule has 0 aliphatic carbocycles. The number of nitrogens with zero attached hydrogens (tertiary/aromatic N) is 3. The molecule has 0 saturated carbocycles. The van der Waals surface area contributed by atoms with Crippen molar-refractivity contribution in [2.24, 2.45) is 7.05 Å². The molecule has 0 radical (unpaired) electrons. The number of carbonyl (C=O) groups excluding carboxylic acids is 1. The first-order chi connectivity index (χ1) is 11.4. The van der Waals surface area contributed by atoms with Crippen molar-refractivity contribution in [3.05, 3.63) is 47.9 Å². The van der Waals surface area contributed by atoms with Gasteiger partial charge in [-0.2, -0.15) is 4.31 Å². The van der Waals surface area contributed by atoms with Gasteiger partial charge in [0.25, 0.3) is 10.0 Å². The van der Waals surface area contributed by atoms with Crippen LogP contribution in [0.15, 0.2) is 41.6 Å². The zero-order valence-electron chi connectivity index (χ0n) is 13.8. The Bertz CT molecular complexity index is 824. The van der Waals surface area contributed by atoms with Gasteiger partial charge < -0.3 is 4.57 Å². The number of sulfonamides is 1. The highest BCUT2D eigenvalue weighted by molar-refractivity contribution is 7.89. The van der Waals surface area contributed by atoms with Crippen LogP contribution in [0.4, 0.5) is 0 Å². The van der Waals surface area contributed by atoms with E-state index in [2.05, 4.69) is 4.98 Å². The standard InChI is InChI=1S/C17H21N3O3S/c1-13-18-17(12-19(13)2)24(22,23)20-10-6-9-15(20)11-16(21)14-7-4-3-5-8-14/h3-5,7-8,12,15H,6,9-11H2,1-2H3. The molecule has 1 aliphatic heterocycles. The summed E-state index contributed by atoms with van der Waals surface area (Å²) in [6.07, 6.45) is 3.19. The molecule has 0 bridgehead atoms. The number of imidazole rings is 1. The molecule has 1 unspecified atom stereocenters. The Morgan fingerprint density at radius 3 is 2.62 bits per heavy atom. The molecule has 1 fully saturated rings. The van der Waals surface area contributed by atoms with Gasteiger partial charge in [-0.25, -0.2) is 13.4 Å². The molecule has 3 rings (SSSR count). The van der Waals surface area contributed by atoms with E-state index >= 15 is 0 Å². The third-order valence-electron chi connectivity index (χ3n) is 4.50. The molecule has 128 valence electrons. The van der Waals surface area contributed by atoms with E-state index in [1.54, 1.807) is 30.7 Å². The molecule has 0 spiro atoms. The number of hydrogen-bond acceptors (Lipinski definition) is 4. The Balaban J connectivity index is 1.81. The molecule has 24 heavy (non-hydrogen) atoms. The lowest BCUT2D eigenvalue weighted by molar-refractivity contribution is 0.0961. The molecular weight excluding hydrogens is 326 g/mol. The summed E-state index contributed by atoms with van der Waals surface area (Å²) in [7, 11) is -1.90. The smallest absolute Gasteiger partial charge is 0.262 e. The number of rotatable bonds is 5. The summed E-state index contributed by atoms with van der Waals surface area (Å²) in [5.74, 6) is 0.615. The minimum atomic E-state index is -3.67. The highest BCUT2D eigenvalue weighted by Crippen LogP contribution is 2.28. The predicted octanol–water partition coefficient (Wildman–Crippen LogP) is 2.15. The van der Waals surface area contributed by atoms with Gasteiger partial charge in [-0.3, -0.25) is 4.79 Å². The van der Waals surface area contributed by atoms with Crippen molar-refractivity contribution >= 4 is 15.8 Å². The minimum Gasteiger partial charge on any atom is -0.337 e. The van der Waals surface area contributed by atoms with Crippen molar-refractivity contribution in [1.29, 1.82) is 0 Å². The maximum Gasteiger partial charge on any atom is 0.262 e. The van der Waals surface area contributed by atoms with Gasteiger partial charge in [0.2, 0.25) is 0 Å². The zero-order valence-corrected chi connectivity index (χ0v) is 14.7. The fourth-order valence-corrected chi connectivity index (χ4v) is 4.78. The van der Waals surface area contributed by atoms with Crippen LogP contribution >= 0.6 is 0 Å². The van der Waals surface area contributed by atoms with Crippen LogP contribution in [-0.4, -0.2) is 40.6 Å². The van der Waals surface area contributed by atoms with Crippen molar-refractivity contribution in [1.82, 2.24) is 13.9 Å². The highest BCUT2D eigenvalue weighted by atomic mass is 32.2. The molecule has 1 aliphatic rings. The molecule has 1 atom stereocenters. The average molecular weight is 347 g/mol. The SMILES string of the molecule is Cc1nc(S(=O)(=O)N2CCCC2CC(=O)c2ccccc2)cn1C. The Morgan fingerprint density at radius 2 is 2.00 bits per heavy atom. The lowest BCUT2D eigenvalue weighted by Gasteiger charge is -2.22. The van der Waals surface area contributed by atoms with Crippen molar-refractivity contribution in [2.45, 2.75) is 37.3 Å². The predicted molar refractivity (Wildman–Crippen MR) is 90.2 cm³/mol. The lowest BCUT2D eigenvalue weighted by atomic mass is 10.0. The summed E-state index contributed by atoms with van der Waals surface area (Å²) >= 11 is 0. The number of benzene rings is 1. The Labute approximate surface area is 142 Å². The van der Waals surface area contributed by atoms with Crippen LogP contribution in [0.2, 0.25) is 0 Å². The van der Waals surface area contributed by atoms with Gasteiger partial charge in [-0.15, -0.1) is 0 Å². The van der Waals surface area contributed by atoms with E-state index in [0.717, 1.165) is 6.42 Å². The third kappa shape index (κ3) is 3.14. The van der Waals surface area contributed by atoms with E-state index in [4.69, 9.17) is 0 Å². The second-order valence-electron chi connectivity index (χ2n) is 6.14. The van der Waals surface area contributed by atoms with Gasteiger partial charge in [0.1, 0.15) is 5.82 Å². The van der Waals surface area contributed by atoms with Crippen LogP contribution in [0.25, 0.3) is 0 Å². The van der Waals surface area contributed by atoms with Gasteiger partial charge in [-0.1, -0.05) is 30.3 Å². The molecular formula is C17H21N3O3S. The molecule has 0 amide bonds. The molecule has 7 heteroatoms. The van der Waals surface area contributed by atoms with Crippen LogP contribution < -0.4 is 0 Å². The molecule has 2 heterocycles. The summed E-state index contributed by atoms with van der Waals surface area (Å²) in [6.45, 7) is 2.20. The fraction of sp³-hybridized carbons (Fsp3) is 0.412. The van der Waals surface area contributed by atoms with Gasteiger partial charge in [-0.05, 0) is 19.8 Å². The van der Waals surface area contributed by atoms with Crippen LogP contribution in [0, 0.1) is 6.92 Å². The number of aromatic nitrogens is 2. The Hall–Kier alpha value is -1.99. The first-order valence-electron chi connectivity index (χ1n) is 7.99. The molecule has 1 aromatic heterocycles. The summed E-state index contributed by atoms with van der Waals surface area (Å²) in [5, 5.41) is 0.0570. The van der Waals surface area contributed by atoms with Crippen LogP contribution in [0.3, 0.4) is 0 Å². The van der Waals surface area contributed by atoms with E-state index in [1.807, 2.05) is 18.2 Å². The summed E-state index contributed by atoms with van der Waals surface area (Å²) in [6, 6.07) is 8.70. The fourth-order valence-electron chi connectivity index (χ4n) is 3.06. The van der Waals surface area contributed by atoms with Crippen molar-refractivity contribution in [2.75, 3.05) is 6.54 Å². The number of hydrogen-bond donors (Lipinski definition) is 0. The van der Waals surface area contributed by atoms with E-state index in [1.165, 1.54) is 10.5 Å². The third-order valence-corrected chi connectivity index (χ3v) is 6.32. The van der Waals surface area contributed by atoms with Crippen molar-refractivity contribution in [3.63, 3.8) is 0 Å². The topological polar surface area (TPSA) is 72.3 Å². The Morgan fingerprint density at radius 1 is 1.29 bits per heavy atom. The lowest BCUT2D eigenvalue weighted by Crippen LogP contribution is -2.37. The van der Waals surface area contributed by atoms with E-state index in [-0.39, 0.29) is 23.3 Å². The summed E-state index contributed by atoms with van der Waals surface area (Å²) in [5.41, 5.74) is 0.621. The first-order valence-corrected chi connectivity index (χ1v) is 9.43. The van der Waals surface area contributed by atoms with Crippen LogP contribution in [0.5, 0.6) is 0 Å². The summed E-state index contributed by atoms with van der Waals surface area (Å²) < 4.78 is 28.9. The minimum absolute atomic E-state index is 0.0279. The van der Waals surface area contributed by atoms with Crippen LogP contribution in [-0.2, 0) is 17.1 Å². The second kappa shape index (κ2) is 6.49. The number of carbonyl (C=O) groups is 1. The van der Waals surface area contributed by atoms with E-state index < -0.39 is 10.0 Å². The molecule has 1 aromatic carbocycles. The van der Waals surface area contributed by atoms with Crippen molar-refractivity contribution in [3.8, 4) is 0 Å². The number of aryl methyl sites for hydroxylation is 2. The van der Waals surface area contributed by atoms with E-state index in [0.29, 0.717) is 24.4 Å².